The molecule has 0 spiro atoms. The SMILES string of the molecule is c1ccc(-c2ccc(N(c3cc(-c4ccc5c6ccccc6n(-c6ccccc6)c5c4)cc(N(c4ccc(-c5ccccc5)cc4)c4ccc5c(c4)sc4ccccc45)c3)c3ccc4c(c3)sc3ccccc34)cc2)cc1. The van der Waals surface area contributed by atoms with E-state index in [1.807, 2.05) is 22.7 Å². The molecule has 0 fully saturated rings. The number of thiophene rings is 2. The quantitative estimate of drug-likeness (QED) is 0.135. The van der Waals surface area contributed by atoms with Crippen LogP contribution in [0.1, 0.15) is 0 Å². The van der Waals surface area contributed by atoms with Crippen molar-refractivity contribution < 1.29 is 0 Å². The Morgan fingerprint density at radius 3 is 1.14 bits per heavy atom. The summed E-state index contributed by atoms with van der Waals surface area (Å²) in [4.78, 5) is 4.91. The number of anilines is 6. The monoisotopic (exact) mass is 1020 g/mol. The predicted molar refractivity (Wildman–Crippen MR) is 332 cm³/mol. The molecule has 0 bridgehead atoms. The van der Waals surface area contributed by atoms with Crippen molar-refractivity contribution in [3.8, 4) is 39.1 Å². The number of hydrogen-bond donors (Lipinski definition) is 0. The predicted octanol–water partition coefficient (Wildman–Crippen LogP) is 21.5. The van der Waals surface area contributed by atoms with Gasteiger partial charge in [-0.25, -0.2) is 0 Å². The first-order chi connectivity index (χ1) is 38.1. The first kappa shape index (κ1) is 44.9. The Bertz CT molecular complexity index is 4450. The number of benzene rings is 12. The minimum absolute atomic E-state index is 1.04. The molecule has 15 aromatic rings. The lowest BCUT2D eigenvalue weighted by Crippen LogP contribution is -2.13. The van der Waals surface area contributed by atoms with Crippen LogP contribution in [0.2, 0.25) is 0 Å². The number of fused-ring (bicyclic) bond motifs is 9. The fourth-order valence-corrected chi connectivity index (χ4v) is 13.8. The van der Waals surface area contributed by atoms with Crippen molar-refractivity contribution in [2.75, 3.05) is 9.80 Å². The molecular weight excluding hydrogens is 971 g/mol. The van der Waals surface area contributed by atoms with Crippen molar-refractivity contribution in [1.29, 1.82) is 0 Å². The zero-order valence-corrected chi connectivity index (χ0v) is 43.4. The van der Waals surface area contributed by atoms with Gasteiger partial charge in [0.1, 0.15) is 0 Å². The van der Waals surface area contributed by atoms with E-state index < -0.39 is 0 Å². The molecule has 0 aliphatic rings. The molecule has 0 saturated carbocycles. The molecule has 0 aliphatic carbocycles. The number of para-hydroxylation sites is 2. The molecule has 0 aliphatic heterocycles. The molecule has 0 amide bonds. The van der Waals surface area contributed by atoms with E-state index in [2.05, 4.69) is 299 Å². The van der Waals surface area contributed by atoms with Gasteiger partial charge in [0, 0.05) is 90.9 Å². The van der Waals surface area contributed by atoms with E-state index in [1.165, 1.54) is 78.9 Å². The average molecular weight is 1020 g/mol. The molecule has 3 heterocycles. The Morgan fingerprint density at radius 2 is 0.610 bits per heavy atom. The van der Waals surface area contributed by atoms with E-state index >= 15 is 0 Å². The van der Waals surface area contributed by atoms with Crippen molar-refractivity contribution >= 4 is 119 Å². The second kappa shape index (κ2) is 18.7. The van der Waals surface area contributed by atoms with E-state index in [0.717, 1.165) is 56.5 Å². The minimum atomic E-state index is 1.04. The van der Waals surface area contributed by atoms with Gasteiger partial charge < -0.3 is 14.4 Å². The number of hydrogen-bond acceptors (Lipinski definition) is 4. The molecule has 362 valence electrons. The van der Waals surface area contributed by atoms with Gasteiger partial charge in [-0.3, -0.25) is 0 Å². The smallest absolute Gasteiger partial charge is 0.0547 e. The van der Waals surface area contributed by atoms with Gasteiger partial charge in [-0.05, 0) is 137 Å². The first-order valence-corrected chi connectivity index (χ1v) is 27.8. The van der Waals surface area contributed by atoms with Crippen molar-refractivity contribution in [2.24, 2.45) is 0 Å². The Kier molecular flexibility index (Phi) is 10.9. The highest BCUT2D eigenvalue weighted by Gasteiger charge is 2.23. The molecule has 0 radical (unpaired) electrons. The van der Waals surface area contributed by atoms with Crippen LogP contribution in [0.5, 0.6) is 0 Å². The highest BCUT2D eigenvalue weighted by Crippen LogP contribution is 2.48. The molecule has 3 nitrogen and oxygen atoms in total. The van der Waals surface area contributed by atoms with Gasteiger partial charge in [0.15, 0.2) is 0 Å². The van der Waals surface area contributed by atoms with E-state index in [0.29, 0.717) is 0 Å². The van der Waals surface area contributed by atoms with E-state index in [-0.39, 0.29) is 0 Å². The van der Waals surface area contributed by atoms with Crippen molar-refractivity contribution in [3.63, 3.8) is 0 Å². The summed E-state index contributed by atoms with van der Waals surface area (Å²) in [6, 6.07) is 105. The molecule has 5 heteroatoms. The van der Waals surface area contributed by atoms with E-state index in [4.69, 9.17) is 0 Å². The molecule has 15 rings (SSSR count). The number of rotatable bonds is 10. The lowest BCUT2D eigenvalue weighted by atomic mass is 9.99. The van der Waals surface area contributed by atoms with Crippen LogP contribution < -0.4 is 9.80 Å². The number of aromatic nitrogens is 1. The van der Waals surface area contributed by atoms with E-state index in [9.17, 15) is 0 Å². The second-order valence-electron chi connectivity index (χ2n) is 19.7. The Labute approximate surface area is 454 Å². The third-order valence-electron chi connectivity index (χ3n) is 15.1. The summed E-state index contributed by atoms with van der Waals surface area (Å²) in [6.45, 7) is 0. The van der Waals surface area contributed by atoms with Crippen LogP contribution in [0.3, 0.4) is 0 Å². The lowest BCUT2D eigenvalue weighted by molar-refractivity contribution is 1.18. The van der Waals surface area contributed by atoms with E-state index in [1.54, 1.807) is 0 Å². The lowest BCUT2D eigenvalue weighted by Gasteiger charge is -2.30. The summed E-state index contributed by atoms with van der Waals surface area (Å²) < 4.78 is 7.50. The van der Waals surface area contributed by atoms with Crippen molar-refractivity contribution in [1.82, 2.24) is 4.57 Å². The summed E-state index contributed by atoms with van der Waals surface area (Å²) in [5, 5.41) is 7.57. The maximum Gasteiger partial charge on any atom is 0.0547 e. The van der Waals surface area contributed by atoms with Crippen molar-refractivity contribution in [2.45, 2.75) is 0 Å². The van der Waals surface area contributed by atoms with Gasteiger partial charge in [0.05, 0.1) is 11.0 Å². The third kappa shape index (κ3) is 7.95. The van der Waals surface area contributed by atoms with Gasteiger partial charge in [-0.15, -0.1) is 22.7 Å². The van der Waals surface area contributed by atoms with Gasteiger partial charge in [-0.1, -0.05) is 182 Å². The maximum absolute atomic E-state index is 2.46. The molecule has 77 heavy (non-hydrogen) atoms. The molecule has 0 unspecified atom stereocenters. The summed E-state index contributed by atoms with van der Waals surface area (Å²) >= 11 is 3.71. The summed E-state index contributed by atoms with van der Waals surface area (Å²) in [7, 11) is 0. The maximum atomic E-state index is 2.46. The fourth-order valence-electron chi connectivity index (χ4n) is 11.5. The summed E-state index contributed by atoms with van der Waals surface area (Å²) in [5.41, 5.74) is 16.8. The molecule has 0 N–H and O–H groups in total. The van der Waals surface area contributed by atoms with Gasteiger partial charge in [-0.2, -0.15) is 0 Å². The highest BCUT2D eigenvalue weighted by atomic mass is 32.1. The van der Waals surface area contributed by atoms with Gasteiger partial charge in [0.2, 0.25) is 0 Å². The molecule has 3 aromatic heterocycles. The van der Waals surface area contributed by atoms with Crippen LogP contribution in [0.25, 0.3) is 101 Å². The topological polar surface area (TPSA) is 11.4 Å². The van der Waals surface area contributed by atoms with Crippen LogP contribution in [0, 0.1) is 0 Å². The minimum Gasteiger partial charge on any atom is -0.310 e. The largest absolute Gasteiger partial charge is 0.310 e. The molecule has 12 aromatic carbocycles. The zero-order chi connectivity index (χ0) is 50.8. The van der Waals surface area contributed by atoms with Crippen molar-refractivity contribution in [3.05, 3.63) is 285 Å². The summed E-state index contributed by atoms with van der Waals surface area (Å²) in [5.74, 6) is 0. The van der Waals surface area contributed by atoms with Crippen LogP contribution in [-0.4, -0.2) is 4.57 Å². The fraction of sp³-hybridized carbons (Fsp3) is 0. The Morgan fingerprint density at radius 1 is 0.221 bits per heavy atom. The number of nitrogens with zero attached hydrogens (tertiary/aromatic N) is 3. The Balaban J connectivity index is 0.994. The van der Waals surface area contributed by atoms with Crippen LogP contribution >= 0.6 is 22.7 Å². The standard InChI is InChI=1S/C72H47N3S2/c1-4-16-48(17-5-1)50-28-33-55(34-29-50)73(57-37-40-65-63-23-11-14-26-69(63)76-71(65)46-57)59-42-53(52-32-39-62-61-22-10-13-25-67(61)75(68(62)44-52)54-20-8-3-9-21-54)43-60(45-59)74(56-35-30-51(31-36-56)49-18-6-2-7-19-49)58-38-41-66-64-24-12-15-27-70(64)77-72(66)47-58/h1-47H. The molecule has 0 atom stereocenters. The molecular formula is C72H47N3S2. The molecule has 0 saturated heterocycles. The van der Waals surface area contributed by atoms with Crippen LogP contribution in [0.15, 0.2) is 285 Å². The Hall–Kier alpha value is -9.52. The van der Waals surface area contributed by atoms with Crippen LogP contribution in [-0.2, 0) is 0 Å². The third-order valence-corrected chi connectivity index (χ3v) is 17.4. The zero-order valence-electron chi connectivity index (χ0n) is 41.8. The van der Waals surface area contributed by atoms with Crippen LogP contribution in [0.4, 0.5) is 34.1 Å². The van der Waals surface area contributed by atoms with Gasteiger partial charge >= 0.3 is 0 Å². The van der Waals surface area contributed by atoms with Gasteiger partial charge in [0.25, 0.3) is 0 Å². The average Bonchev–Trinajstić information content (AvgIpc) is 4.26. The summed E-state index contributed by atoms with van der Waals surface area (Å²) in [6.07, 6.45) is 0. The normalized spacial score (nSPS) is 11.6. The highest BCUT2D eigenvalue weighted by molar-refractivity contribution is 7.26. The second-order valence-corrected chi connectivity index (χ2v) is 21.9. The first-order valence-electron chi connectivity index (χ1n) is 26.1.